The third kappa shape index (κ3) is 3.90. The molecule has 15 heavy (non-hydrogen) atoms. The molecule has 0 aliphatic carbocycles. The summed E-state index contributed by atoms with van der Waals surface area (Å²) in [6.07, 6.45) is 1.90. The van der Waals surface area contributed by atoms with Crippen LogP contribution in [0.4, 0.5) is 0 Å². The molecule has 1 atom stereocenters. The largest absolute Gasteiger partial charge is 0.494 e. The first-order valence-corrected chi connectivity index (χ1v) is 5.46. The summed E-state index contributed by atoms with van der Waals surface area (Å²) in [7, 11) is 0. The zero-order chi connectivity index (χ0) is 11.1. The van der Waals surface area contributed by atoms with Gasteiger partial charge >= 0.3 is 0 Å². The lowest BCUT2D eigenvalue weighted by Crippen LogP contribution is -2.12. The van der Waals surface area contributed by atoms with Crippen LogP contribution in [0.15, 0.2) is 24.3 Å². The molecular weight excluding hydrogens is 188 g/mol. The molecule has 84 valence electrons. The van der Waals surface area contributed by atoms with Crippen LogP contribution in [0.5, 0.6) is 5.75 Å². The molecule has 3 nitrogen and oxygen atoms in total. The van der Waals surface area contributed by atoms with Crippen molar-refractivity contribution in [2.75, 3.05) is 13.2 Å². The maximum Gasteiger partial charge on any atom is 0.119 e. The second kappa shape index (κ2) is 6.43. The summed E-state index contributed by atoms with van der Waals surface area (Å²) in [6, 6.07) is 8.05. The van der Waals surface area contributed by atoms with Crippen LogP contribution >= 0.6 is 0 Å². The van der Waals surface area contributed by atoms with Crippen molar-refractivity contribution in [2.45, 2.75) is 25.8 Å². The first-order chi connectivity index (χ1) is 7.27. The zero-order valence-electron chi connectivity index (χ0n) is 9.28. The van der Waals surface area contributed by atoms with Crippen molar-refractivity contribution >= 4 is 0 Å². The summed E-state index contributed by atoms with van der Waals surface area (Å²) >= 11 is 0. The van der Waals surface area contributed by atoms with Crippen molar-refractivity contribution in [2.24, 2.45) is 11.5 Å². The first-order valence-electron chi connectivity index (χ1n) is 5.46. The lowest BCUT2D eigenvalue weighted by molar-refractivity contribution is 0.340. The predicted octanol–water partition coefficient (Wildman–Crippen LogP) is 1.82. The molecule has 1 rings (SSSR count). The first kappa shape index (κ1) is 12.0. The quantitative estimate of drug-likeness (QED) is 0.749. The van der Waals surface area contributed by atoms with E-state index in [0.717, 1.165) is 24.2 Å². The second-order valence-corrected chi connectivity index (χ2v) is 3.54. The van der Waals surface area contributed by atoms with E-state index in [1.807, 2.05) is 31.2 Å². The van der Waals surface area contributed by atoms with Gasteiger partial charge in [0.1, 0.15) is 5.75 Å². The highest BCUT2D eigenvalue weighted by Gasteiger charge is 2.04. The Hall–Kier alpha value is -1.06. The minimum Gasteiger partial charge on any atom is -0.494 e. The Morgan fingerprint density at radius 1 is 1.27 bits per heavy atom. The summed E-state index contributed by atoms with van der Waals surface area (Å²) < 4.78 is 5.36. The van der Waals surface area contributed by atoms with E-state index >= 15 is 0 Å². The van der Waals surface area contributed by atoms with E-state index in [2.05, 4.69) is 0 Å². The van der Waals surface area contributed by atoms with Gasteiger partial charge in [-0.15, -0.1) is 0 Å². The SMILES string of the molecule is CCOc1ccc([C@H](N)CCCN)cc1. The van der Waals surface area contributed by atoms with Gasteiger partial charge in [-0.25, -0.2) is 0 Å². The molecule has 3 heteroatoms. The zero-order valence-corrected chi connectivity index (χ0v) is 9.28. The van der Waals surface area contributed by atoms with Crippen molar-refractivity contribution in [1.29, 1.82) is 0 Å². The highest BCUT2D eigenvalue weighted by Crippen LogP contribution is 2.19. The standard InChI is InChI=1S/C12H20N2O/c1-2-15-11-7-5-10(6-8-11)12(14)4-3-9-13/h5-8,12H,2-4,9,13-14H2,1H3/t12-/m1/s1. The van der Waals surface area contributed by atoms with Crippen molar-refractivity contribution in [1.82, 2.24) is 0 Å². The second-order valence-electron chi connectivity index (χ2n) is 3.54. The minimum absolute atomic E-state index is 0.0872. The third-order valence-corrected chi connectivity index (χ3v) is 2.34. The molecule has 0 aromatic heterocycles. The molecule has 0 saturated carbocycles. The van der Waals surface area contributed by atoms with E-state index in [1.165, 1.54) is 0 Å². The fraction of sp³-hybridized carbons (Fsp3) is 0.500. The van der Waals surface area contributed by atoms with Crippen LogP contribution in [0.2, 0.25) is 0 Å². The molecule has 0 unspecified atom stereocenters. The van der Waals surface area contributed by atoms with E-state index < -0.39 is 0 Å². The van der Waals surface area contributed by atoms with Crippen LogP contribution in [0, 0.1) is 0 Å². The van der Waals surface area contributed by atoms with E-state index in [4.69, 9.17) is 16.2 Å². The van der Waals surface area contributed by atoms with Crippen LogP contribution in [0.25, 0.3) is 0 Å². The van der Waals surface area contributed by atoms with Crippen molar-refractivity contribution in [3.63, 3.8) is 0 Å². The summed E-state index contributed by atoms with van der Waals surface area (Å²) in [5.41, 5.74) is 12.6. The Morgan fingerprint density at radius 3 is 2.47 bits per heavy atom. The smallest absolute Gasteiger partial charge is 0.119 e. The molecule has 0 aliphatic heterocycles. The fourth-order valence-electron chi connectivity index (χ4n) is 1.48. The molecule has 1 aromatic rings. The average molecular weight is 208 g/mol. The Labute approximate surface area is 91.4 Å². The molecule has 1 aromatic carbocycles. The fourth-order valence-corrected chi connectivity index (χ4v) is 1.48. The Morgan fingerprint density at radius 2 is 1.93 bits per heavy atom. The average Bonchev–Trinajstić information content (AvgIpc) is 2.27. The van der Waals surface area contributed by atoms with Gasteiger partial charge in [0.05, 0.1) is 6.61 Å². The van der Waals surface area contributed by atoms with E-state index in [1.54, 1.807) is 0 Å². The molecule has 4 N–H and O–H groups in total. The normalized spacial score (nSPS) is 12.5. The van der Waals surface area contributed by atoms with Gasteiger partial charge in [0.2, 0.25) is 0 Å². The highest BCUT2D eigenvalue weighted by molar-refractivity contribution is 5.28. The number of benzene rings is 1. The monoisotopic (exact) mass is 208 g/mol. The van der Waals surface area contributed by atoms with Crippen LogP contribution in [-0.4, -0.2) is 13.2 Å². The van der Waals surface area contributed by atoms with Crippen molar-refractivity contribution in [3.8, 4) is 5.75 Å². The Kier molecular flexibility index (Phi) is 5.15. The van der Waals surface area contributed by atoms with Gasteiger partial charge in [0.15, 0.2) is 0 Å². The Bertz CT molecular complexity index is 271. The molecule has 0 aliphatic rings. The van der Waals surface area contributed by atoms with Gasteiger partial charge in [-0.05, 0) is 44.0 Å². The molecule has 0 amide bonds. The summed E-state index contributed by atoms with van der Waals surface area (Å²) in [6.45, 7) is 3.37. The number of hydrogen-bond donors (Lipinski definition) is 2. The minimum atomic E-state index is 0.0872. The lowest BCUT2D eigenvalue weighted by atomic mass is 10.0. The molecule has 0 spiro atoms. The Balaban J connectivity index is 2.54. The number of hydrogen-bond acceptors (Lipinski definition) is 3. The summed E-state index contributed by atoms with van der Waals surface area (Å²) in [5.74, 6) is 0.896. The van der Waals surface area contributed by atoms with E-state index in [-0.39, 0.29) is 6.04 Å². The summed E-state index contributed by atoms with van der Waals surface area (Å²) in [4.78, 5) is 0. The van der Waals surface area contributed by atoms with Gasteiger partial charge in [0.25, 0.3) is 0 Å². The lowest BCUT2D eigenvalue weighted by Gasteiger charge is -2.12. The molecule has 0 radical (unpaired) electrons. The third-order valence-electron chi connectivity index (χ3n) is 2.34. The van der Waals surface area contributed by atoms with Gasteiger partial charge in [-0.1, -0.05) is 12.1 Å². The van der Waals surface area contributed by atoms with Gasteiger partial charge in [-0.3, -0.25) is 0 Å². The highest BCUT2D eigenvalue weighted by atomic mass is 16.5. The number of ether oxygens (including phenoxy) is 1. The van der Waals surface area contributed by atoms with Crippen LogP contribution < -0.4 is 16.2 Å². The van der Waals surface area contributed by atoms with Gasteiger partial charge in [0, 0.05) is 6.04 Å². The molecule has 0 saturated heterocycles. The maximum atomic E-state index is 6.01. The van der Waals surface area contributed by atoms with Crippen LogP contribution in [0.3, 0.4) is 0 Å². The van der Waals surface area contributed by atoms with Crippen LogP contribution in [0.1, 0.15) is 31.4 Å². The van der Waals surface area contributed by atoms with Crippen LogP contribution in [-0.2, 0) is 0 Å². The van der Waals surface area contributed by atoms with Gasteiger partial charge in [-0.2, -0.15) is 0 Å². The molecule has 0 fully saturated rings. The number of nitrogens with two attached hydrogens (primary N) is 2. The topological polar surface area (TPSA) is 61.3 Å². The maximum absolute atomic E-state index is 6.01. The predicted molar refractivity (Wildman–Crippen MR) is 62.8 cm³/mol. The van der Waals surface area contributed by atoms with Crippen molar-refractivity contribution < 1.29 is 4.74 Å². The molecule has 0 bridgehead atoms. The number of rotatable bonds is 6. The summed E-state index contributed by atoms with van der Waals surface area (Å²) in [5, 5.41) is 0. The molecular formula is C12H20N2O. The van der Waals surface area contributed by atoms with Gasteiger partial charge < -0.3 is 16.2 Å². The van der Waals surface area contributed by atoms with E-state index in [9.17, 15) is 0 Å². The van der Waals surface area contributed by atoms with Crippen molar-refractivity contribution in [3.05, 3.63) is 29.8 Å². The van der Waals surface area contributed by atoms with E-state index in [0.29, 0.717) is 13.2 Å². The molecule has 0 heterocycles.